The lowest BCUT2D eigenvalue weighted by molar-refractivity contribution is 0.358. The molecule has 0 aromatic carbocycles. The molecule has 92 valence electrons. The van der Waals surface area contributed by atoms with Crippen LogP contribution in [0.15, 0.2) is 28.6 Å². The molecule has 17 heavy (non-hydrogen) atoms. The number of nitrogens with two attached hydrogens (primary N) is 1. The molecular weight excluding hydrogens is 214 g/mol. The number of nitrogens with one attached hydrogen (secondary N) is 2. The van der Waals surface area contributed by atoms with Gasteiger partial charge in [0.15, 0.2) is 0 Å². The minimum atomic E-state index is 0.281. The van der Waals surface area contributed by atoms with Crippen LogP contribution in [0, 0.1) is 5.41 Å². The summed E-state index contributed by atoms with van der Waals surface area (Å²) in [6.45, 7) is 6.01. The van der Waals surface area contributed by atoms with Crippen LogP contribution in [0.5, 0.6) is 0 Å². The summed E-state index contributed by atoms with van der Waals surface area (Å²) in [7, 11) is 0. The van der Waals surface area contributed by atoms with Crippen LogP contribution < -0.4 is 11.1 Å². The Bertz CT molecular complexity index is 403. The van der Waals surface area contributed by atoms with Gasteiger partial charge >= 0.3 is 0 Å². The lowest BCUT2D eigenvalue weighted by atomic mass is 9.92. The third-order valence-electron chi connectivity index (χ3n) is 3.21. The fourth-order valence-corrected chi connectivity index (χ4v) is 2.00. The summed E-state index contributed by atoms with van der Waals surface area (Å²) in [5.41, 5.74) is 8.48. The summed E-state index contributed by atoms with van der Waals surface area (Å²) < 4.78 is 0. The van der Waals surface area contributed by atoms with Crippen molar-refractivity contribution in [3.8, 4) is 0 Å². The Morgan fingerprint density at radius 2 is 2.41 bits per heavy atom. The van der Waals surface area contributed by atoms with Crippen LogP contribution in [-0.2, 0) is 0 Å². The molecule has 5 nitrogen and oxygen atoms in total. The van der Waals surface area contributed by atoms with Crippen molar-refractivity contribution >= 4 is 11.9 Å². The third-order valence-corrected chi connectivity index (χ3v) is 3.21. The highest BCUT2D eigenvalue weighted by Gasteiger charge is 2.24. The lowest BCUT2D eigenvalue weighted by Gasteiger charge is -2.32. The minimum Gasteiger partial charge on any atom is -0.380 e. The Morgan fingerprint density at radius 1 is 1.71 bits per heavy atom. The molecule has 5 heteroatoms. The second-order valence-electron chi connectivity index (χ2n) is 4.46. The molecule has 0 bridgehead atoms. The van der Waals surface area contributed by atoms with E-state index in [0.717, 1.165) is 11.3 Å². The molecule has 1 fully saturated rings. The first-order valence-electron chi connectivity index (χ1n) is 5.90. The Kier molecular flexibility index (Phi) is 3.28. The molecule has 0 unspecified atom stereocenters. The molecule has 2 aliphatic rings. The van der Waals surface area contributed by atoms with Crippen molar-refractivity contribution in [3.63, 3.8) is 0 Å². The molecule has 0 spiro atoms. The monoisotopic (exact) mass is 233 g/mol. The van der Waals surface area contributed by atoms with E-state index in [9.17, 15) is 0 Å². The molecule has 1 aliphatic carbocycles. The zero-order chi connectivity index (χ0) is 12.4. The van der Waals surface area contributed by atoms with Crippen molar-refractivity contribution in [2.75, 3.05) is 6.67 Å². The first-order valence-corrected chi connectivity index (χ1v) is 5.90. The van der Waals surface area contributed by atoms with E-state index in [1.807, 2.05) is 0 Å². The zero-order valence-corrected chi connectivity index (χ0v) is 10.2. The Hall–Kier alpha value is -1.62. The maximum Gasteiger partial charge on any atom is 0.0885 e. The summed E-state index contributed by atoms with van der Waals surface area (Å²) >= 11 is 0. The van der Waals surface area contributed by atoms with Crippen molar-refractivity contribution in [1.82, 2.24) is 10.3 Å². The van der Waals surface area contributed by atoms with Crippen LogP contribution in [0.1, 0.15) is 26.2 Å². The molecule has 4 N–H and O–H groups in total. The van der Waals surface area contributed by atoms with Crippen LogP contribution >= 0.6 is 0 Å². The fourth-order valence-electron chi connectivity index (χ4n) is 2.00. The largest absolute Gasteiger partial charge is 0.380 e. The average Bonchev–Trinajstić information content (AvgIpc) is 2.23. The molecule has 1 aliphatic heterocycles. The van der Waals surface area contributed by atoms with Crippen LogP contribution in [-0.4, -0.2) is 29.6 Å². The second kappa shape index (κ2) is 4.71. The molecule has 2 rings (SSSR count). The van der Waals surface area contributed by atoms with Crippen LogP contribution in [0.2, 0.25) is 0 Å². The summed E-state index contributed by atoms with van der Waals surface area (Å²) in [6, 6.07) is 0.517. The maximum atomic E-state index is 7.85. The lowest BCUT2D eigenvalue weighted by Crippen LogP contribution is -2.39. The standard InChI is InChI=1S/C12H19N5/c1-8(14)12-9(2)17(7-13)15-6-11(12)16-10-4-3-5-10/h6,10,14,16H,2-5,7,13H2,1H3. The van der Waals surface area contributed by atoms with Gasteiger partial charge in [0.05, 0.1) is 24.3 Å². The predicted octanol–water partition coefficient (Wildman–Crippen LogP) is 1.15. The van der Waals surface area contributed by atoms with Gasteiger partial charge in [0.25, 0.3) is 0 Å². The zero-order valence-electron chi connectivity index (χ0n) is 10.2. The summed E-state index contributed by atoms with van der Waals surface area (Å²) in [6.07, 6.45) is 5.40. The smallest absolute Gasteiger partial charge is 0.0885 e. The Morgan fingerprint density at radius 3 is 2.88 bits per heavy atom. The fraction of sp³-hybridized carbons (Fsp3) is 0.500. The van der Waals surface area contributed by atoms with Gasteiger partial charge < -0.3 is 16.5 Å². The molecule has 0 amide bonds. The molecule has 0 saturated heterocycles. The molecule has 1 heterocycles. The topological polar surface area (TPSA) is 77.5 Å². The van der Waals surface area contributed by atoms with Gasteiger partial charge in [0.2, 0.25) is 0 Å². The highest BCUT2D eigenvalue weighted by molar-refractivity contribution is 6.05. The van der Waals surface area contributed by atoms with Gasteiger partial charge in [-0.1, -0.05) is 6.58 Å². The van der Waals surface area contributed by atoms with E-state index in [1.165, 1.54) is 19.3 Å². The van der Waals surface area contributed by atoms with Gasteiger partial charge in [0, 0.05) is 17.3 Å². The first-order chi connectivity index (χ1) is 8.13. The van der Waals surface area contributed by atoms with E-state index in [2.05, 4.69) is 17.0 Å². The first kappa shape index (κ1) is 11.9. The number of nitrogens with zero attached hydrogens (tertiary/aromatic N) is 2. The van der Waals surface area contributed by atoms with Gasteiger partial charge in [-0.3, -0.25) is 5.01 Å². The van der Waals surface area contributed by atoms with Gasteiger partial charge in [-0.25, -0.2) is 0 Å². The predicted molar refractivity (Wildman–Crippen MR) is 69.7 cm³/mol. The SMILES string of the molecule is C=C1C(C(C)=N)=C(NC2CCC2)C=NN1CN. The van der Waals surface area contributed by atoms with Gasteiger partial charge in [0.1, 0.15) is 0 Å². The highest BCUT2D eigenvalue weighted by atomic mass is 15.5. The molecule has 0 atom stereocenters. The van der Waals surface area contributed by atoms with E-state index < -0.39 is 0 Å². The van der Waals surface area contributed by atoms with Gasteiger partial charge in [-0.15, -0.1) is 0 Å². The van der Waals surface area contributed by atoms with E-state index in [0.29, 0.717) is 17.5 Å². The van der Waals surface area contributed by atoms with Crippen LogP contribution in [0.25, 0.3) is 0 Å². The van der Waals surface area contributed by atoms with E-state index in [1.54, 1.807) is 18.1 Å². The molecule has 1 saturated carbocycles. The highest BCUT2D eigenvalue weighted by Crippen LogP contribution is 2.24. The van der Waals surface area contributed by atoms with Crippen molar-refractivity contribution in [3.05, 3.63) is 23.5 Å². The second-order valence-corrected chi connectivity index (χ2v) is 4.46. The van der Waals surface area contributed by atoms with Crippen molar-refractivity contribution in [1.29, 1.82) is 5.41 Å². The van der Waals surface area contributed by atoms with Crippen molar-refractivity contribution in [2.45, 2.75) is 32.2 Å². The van der Waals surface area contributed by atoms with Crippen molar-refractivity contribution in [2.24, 2.45) is 10.8 Å². The van der Waals surface area contributed by atoms with Gasteiger partial charge in [-0.2, -0.15) is 5.10 Å². The molecule has 0 aromatic heterocycles. The molecule has 0 radical (unpaired) electrons. The quantitative estimate of drug-likeness (QED) is 0.637. The number of hydrazone groups is 1. The number of allylic oxidation sites excluding steroid dienone is 2. The maximum absolute atomic E-state index is 7.85. The van der Waals surface area contributed by atoms with Crippen molar-refractivity contribution < 1.29 is 0 Å². The average molecular weight is 233 g/mol. The number of hydrogen-bond donors (Lipinski definition) is 3. The minimum absolute atomic E-state index is 0.281. The van der Waals surface area contributed by atoms with Crippen LogP contribution in [0.3, 0.4) is 0 Å². The summed E-state index contributed by atoms with van der Waals surface area (Å²) in [5.74, 6) is 0. The van der Waals surface area contributed by atoms with E-state index >= 15 is 0 Å². The molecule has 0 aromatic rings. The Balaban J connectivity index is 2.24. The van der Waals surface area contributed by atoms with Crippen LogP contribution in [0.4, 0.5) is 0 Å². The Labute approximate surface area is 102 Å². The van der Waals surface area contributed by atoms with E-state index in [-0.39, 0.29) is 6.67 Å². The van der Waals surface area contributed by atoms with E-state index in [4.69, 9.17) is 11.1 Å². The summed E-state index contributed by atoms with van der Waals surface area (Å²) in [5, 5.41) is 17.1. The van der Waals surface area contributed by atoms with Gasteiger partial charge in [-0.05, 0) is 26.2 Å². The summed E-state index contributed by atoms with van der Waals surface area (Å²) in [4.78, 5) is 0. The number of rotatable bonds is 4. The normalized spacial score (nSPS) is 20.6. The molecular formula is C12H19N5. The number of hydrogen-bond acceptors (Lipinski definition) is 5. The third kappa shape index (κ3) is 2.24.